The molecule has 0 atom stereocenters. The summed E-state index contributed by atoms with van der Waals surface area (Å²) in [6.45, 7) is 0.492. The summed E-state index contributed by atoms with van der Waals surface area (Å²) >= 11 is 0. The average Bonchev–Trinajstić information content (AvgIpc) is 3.38. The largest absolute Gasteiger partial charge is 0.348 e. The second-order valence-corrected chi connectivity index (χ2v) is 6.04. The highest BCUT2D eigenvalue weighted by molar-refractivity contribution is 5.94. The average molecular weight is 343 g/mol. The van der Waals surface area contributed by atoms with Gasteiger partial charge in [-0.05, 0) is 42.7 Å². The number of hydrogen-bond donors (Lipinski definition) is 1. The molecule has 6 heteroatoms. The number of nitrogens with zero attached hydrogens (tertiary/aromatic N) is 3. The van der Waals surface area contributed by atoms with Gasteiger partial charge in [-0.1, -0.05) is 6.07 Å². The van der Waals surface area contributed by atoms with E-state index in [-0.39, 0.29) is 18.3 Å². The maximum Gasteiger partial charge on any atom is 0.251 e. The summed E-state index contributed by atoms with van der Waals surface area (Å²) in [6.07, 6.45) is 5.72. The number of amides is 1. The third-order valence-electron chi connectivity index (χ3n) is 4.32. The highest BCUT2D eigenvalue weighted by Crippen LogP contribution is 2.40. The van der Waals surface area contributed by atoms with Crippen LogP contribution in [0.25, 0.3) is 11.0 Å². The van der Waals surface area contributed by atoms with Gasteiger partial charge in [0, 0.05) is 37.5 Å². The number of fused-ring (bicyclic) bond motifs is 1. The van der Waals surface area contributed by atoms with Crippen molar-refractivity contribution in [2.75, 3.05) is 0 Å². The molecule has 2 heterocycles. The van der Waals surface area contributed by atoms with Crippen molar-refractivity contribution in [3.8, 4) is 0 Å². The van der Waals surface area contributed by atoms with Crippen molar-refractivity contribution >= 4 is 29.3 Å². The number of carbonyl (C=O) groups is 1. The second-order valence-electron chi connectivity index (χ2n) is 6.04. The van der Waals surface area contributed by atoms with Gasteiger partial charge in [0.25, 0.3) is 5.91 Å². The Morgan fingerprint density at radius 1 is 1.25 bits per heavy atom. The van der Waals surface area contributed by atoms with Gasteiger partial charge < -0.3 is 9.88 Å². The topological polar surface area (TPSA) is 59.8 Å². The van der Waals surface area contributed by atoms with Crippen molar-refractivity contribution in [3.05, 3.63) is 59.7 Å². The lowest BCUT2D eigenvalue weighted by molar-refractivity contribution is 0.0951. The van der Waals surface area contributed by atoms with E-state index in [1.807, 2.05) is 6.07 Å². The molecule has 0 unspecified atom stereocenters. The van der Waals surface area contributed by atoms with E-state index in [0.717, 1.165) is 16.6 Å². The molecule has 1 amide bonds. The van der Waals surface area contributed by atoms with Crippen molar-refractivity contribution in [1.82, 2.24) is 19.9 Å². The van der Waals surface area contributed by atoms with E-state index in [4.69, 9.17) is 4.98 Å². The SMILES string of the molecule is Cl.Cn1c(C2CC2)nc2cc(CNC(=O)c3ccncc3)ccc21. The Kier molecular flexibility index (Phi) is 4.53. The van der Waals surface area contributed by atoms with Crippen LogP contribution in [0.1, 0.15) is 40.5 Å². The maximum atomic E-state index is 12.1. The number of carbonyl (C=O) groups excluding carboxylic acids is 1. The van der Waals surface area contributed by atoms with Crippen LogP contribution in [0, 0.1) is 0 Å². The highest BCUT2D eigenvalue weighted by Gasteiger charge is 2.28. The molecular formula is C18H19ClN4O. The maximum absolute atomic E-state index is 12.1. The first-order chi connectivity index (χ1) is 11.2. The molecule has 4 rings (SSSR count). The number of benzene rings is 1. The quantitative estimate of drug-likeness (QED) is 0.792. The lowest BCUT2D eigenvalue weighted by Crippen LogP contribution is -2.22. The predicted molar refractivity (Wildman–Crippen MR) is 95.3 cm³/mol. The van der Waals surface area contributed by atoms with E-state index in [2.05, 4.69) is 34.0 Å². The van der Waals surface area contributed by atoms with Crippen LogP contribution in [-0.2, 0) is 13.6 Å². The Hall–Kier alpha value is -2.40. The van der Waals surface area contributed by atoms with Crippen molar-refractivity contribution in [2.45, 2.75) is 25.3 Å². The zero-order valence-corrected chi connectivity index (χ0v) is 14.2. The Morgan fingerprint density at radius 2 is 2.00 bits per heavy atom. The van der Waals surface area contributed by atoms with Crippen LogP contribution in [0.2, 0.25) is 0 Å². The minimum absolute atomic E-state index is 0. The number of imidazole rings is 1. The van der Waals surface area contributed by atoms with E-state index in [9.17, 15) is 4.79 Å². The van der Waals surface area contributed by atoms with Gasteiger partial charge in [0.2, 0.25) is 0 Å². The normalized spacial score (nSPS) is 13.5. The molecule has 0 aliphatic heterocycles. The first-order valence-electron chi connectivity index (χ1n) is 7.86. The van der Waals surface area contributed by atoms with Crippen molar-refractivity contribution in [1.29, 1.82) is 0 Å². The van der Waals surface area contributed by atoms with Crippen LogP contribution >= 0.6 is 12.4 Å². The monoisotopic (exact) mass is 342 g/mol. The summed E-state index contributed by atoms with van der Waals surface area (Å²) in [5.74, 6) is 1.72. The molecule has 3 aromatic rings. The van der Waals surface area contributed by atoms with E-state index in [0.29, 0.717) is 18.0 Å². The lowest BCUT2D eigenvalue weighted by Gasteiger charge is -2.05. The van der Waals surface area contributed by atoms with E-state index >= 15 is 0 Å². The summed E-state index contributed by atoms with van der Waals surface area (Å²) in [5, 5.41) is 2.94. The third kappa shape index (κ3) is 3.12. The van der Waals surface area contributed by atoms with Crippen LogP contribution in [0.3, 0.4) is 0 Å². The molecule has 5 nitrogen and oxygen atoms in total. The van der Waals surface area contributed by atoms with Crippen LogP contribution in [0.5, 0.6) is 0 Å². The molecule has 1 aliphatic rings. The van der Waals surface area contributed by atoms with Crippen LogP contribution in [0.4, 0.5) is 0 Å². The zero-order chi connectivity index (χ0) is 15.8. The third-order valence-corrected chi connectivity index (χ3v) is 4.32. The molecule has 1 aliphatic carbocycles. The molecule has 24 heavy (non-hydrogen) atoms. The van der Waals surface area contributed by atoms with Gasteiger partial charge in [-0.3, -0.25) is 9.78 Å². The number of halogens is 1. The van der Waals surface area contributed by atoms with Crippen molar-refractivity contribution < 1.29 is 4.79 Å². The standard InChI is InChI=1S/C18H18N4O.ClH/c1-22-16-5-2-12(10-15(16)21-17(22)13-3-4-13)11-20-18(23)14-6-8-19-9-7-14;/h2,5-10,13H,3-4,11H2,1H3,(H,20,23);1H. The number of aryl methyl sites for hydroxylation is 1. The number of pyridine rings is 1. The summed E-state index contributed by atoms with van der Waals surface area (Å²) in [6, 6.07) is 9.61. The summed E-state index contributed by atoms with van der Waals surface area (Å²) in [4.78, 5) is 20.8. The second kappa shape index (κ2) is 6.61. The number of aromatic nitrogens is 3. The molecule has 0 spiro atoms. The minimum Gasteiger partial charge on any atom is -0.348 e. The Labute approximate surface area is 146 Å². The van der Waals surface area contributed by atoms with Gasteiger partial charge in [-0.15, -0.1) is 12.4 Å². The molecule has 124 valence electrons. The Bertz CT molecular complexity index is 871. The van der Waals surface area contributed by atoms with E-state index in [1.54, 1.807) is 24.5 Å². The van der Waals surface area contributed by atoms with Gasteiger partial charge in [0.15, 0.2) is 0 Å². The Balaban J connectivity index is 0.00000169. The van der Waals surface area contributed by atoms with Crippen molar-refractivity contribution in [2.24, 2.45) is 7.05 Å². The predicted octanol–water partition coefficient (Wildman–Crippen LogP) is 3.20. The lowest BCUT2D eigenvalue weighted by atomic mass is 10.2. The van der Waals surface area contributed by atoms with Crippen molar-refractivity contribution in [3.63, 3.8) is 0 Å². The van der Waals surface area contributed by atoms with Crippen LogP contribution in [-0.4, -0.2) is 20.4 Å². The molecule has 0 bridgehead atoms. The van der Waals surface area contributed by atoms with Crippen LogP contribution in [0.15, 0.2) is 42.7 Å². The van der Waals surface area contributed by atoms with Crippen LogP contribution < -0.4 is 5.32 Å². The highest BCUT2D eigenvalue weighted by atomic mass is 35.5. The van der Waals surface area contributed by atoms with Gasteiger partial charge in [-0.2, -0.15) is 0 Å². The number of rotatable bonds is 4. The molecule has 0 radical (unpaired) electrons. The molecular weight excluding hydrogens is 324 g/mol. The molecule has 1 N–H and O–H groups in total. The molecule has 1 fully saturated rings. The first-order valence-corrected chi connectivity index (χ1v) is 7.86. The molecule has 2 aromatic heterocycles. The molecule has 1 saturated carbocycles. The van der Waals surface area contributed by atoms with E-state index < -0.39 is 0 Å². The van der Waals surface area contributed by atoms with Gasteiger partial charge in [0.1, 0.15) is 5.82 Å². The smallest absolute Gasteiger partial charge is 0.251 e. The van der Waals surface area contributed by atoms with Gasteiger partial charge >= 0.3 is 0 Å². The van der Waals surface area contributed by atoms with Gasteiger partial charge in [0.05, 0.1) is 11.0 Å². The molecule has 0 saturated heterocycles. The fourth-order valence-corrected chi connectivity index (χ4v) is 2.87. The first kappa shape index (κ1) is 16.5. The van der Waals surface area contributed by atoms with Gasteiger partial charge in [-0.25, -0.2) is 4.98 Å². The summed E-state index contributed by atoms with van der Waals surface area (Å²) in [5.41, 5.74) is 3.83. The number of nitrogens with one attached hydrogen (secondary N) is 1. The summed E-state index contributed by atoms with van der Waals surface area (Å²) < 4.78 is 2.19. The minimum atomic E-state index is -0.0906. The fraction of sp³-hybridized carbons (Fsp3) is 0.278. The zero-order valence-electron chi connectivity index (χ0n) is 13.4. The Morgan fingerprint density at radius 3 is 2.71 bits per heavy atom. The number of hydrogen-bond acceptors (Lipinski definition) is 3. The molecule has 1 aromatic carbocycles. The summed E-state index contributed by atoms with van der Waals surface area (Å²) in [7, 11) is 2.08. The fourth-order valence-electron chi connectivity index (χ4n) is 2.87. The van der Waals surface area contributed by atoms with E-state index in [1.165, 1.54) is 18.7 Å².